The topological polar surface area (TPSA) is 241 Å². The molecule has 0 aliphatic heterocycles. The second kappa shape index (κ2) is 16.6. The molecule has 0 saturated carbocycles. The molecule has 2 aromatic carbocycles. The number of hydrogen-bond donors (Lipinski definition) is 0. The number of hydrogen-bond acceptors (Lipinski definition) is 12. The van der Waals surface area contributed by atoms with E-state index in [1.165, 1.54) is 0 Å². The van der Waals surface area contributed by atoms with Crippen molar-refractivity contribution in [2.75, 3.05) is 0 Å². The van der Waals surface area contributed by atoms with Crippen LogP contribution in [0.2, 0.25) is 0 Å². The maximum absolute atomic E-state index is 10.5. The summed E-state index contributed by atoms with van der Waals surface area (Å²) in [7, 11) is 0. The van der Waals surface area contributed by atoms with Crippen molar-refractivity contribution in [1.29, 1.82) is 0 Å². The zero-order chi connectivity index (χ0) is 23.2. The number of carbonyl (C=O) groups excluding carboxylic acids is 6. The first kappa shape index (κ1) is 36.6. The molecule has 0 atom stereocenters. The van der Waals surface area contributed by atoms with Gasteiger partial charge in [0.2, 0.25) is 0 Å². The van der Waals surface area contributed by atoms with E-state index in [-0.39, 0.29) is 113 Å². The molecule has 0 fully saturated rings. The van der Waals surface area contributed by atoms with E-state index in [0.717, 1.165) is 24.3 Å². The first-order valence-electron chi connectivity index (χ1n) is 7.43. The standard InChI is InChI=1S/2C9H6O6.3Ca/c2*10-7(11)4-1-2-5(8(12)13)6(3-4)9(14)15;;;/h2*1-3H,(H,10,11)(H,12,13)(H,14,15);;;/q;;3*+2/p-6. The van der Waals surface area contributed by atoms with Crippen LogP contribution in [0.4, 0.5) is 0 Å². The van der Waals surface area contributed by atoms with E-state index in [4.69, 9.17) is 0 Å². The molecule has 0 spiro atoms. The Hall–Kier alpha value is -0.961. The van der Waals surface area contributed by atoms with Gasteiger partial charge in [0.25, 0.3) is 0 Å². The fourth-order valence-electron chi connectivity index (χ4n) is 2.04. The summed E-state index contributed by atoms with van der Waals surface area (Å²) in [6, 6.07) is 4.74. The number of aromatic carboxylic acids is 6. The van der Waals surface area contributed by atoms with Crippen LogP contribution in [0.15, 0.2) is 36.4 Å². The zero-order valence-corrected chi connectivity index (χ0v) is 23.1. The summed E-state index contributed by atoms with van der Waals surface area (Å²) < 4.78 is 0. The van der Waals surface area contributed by atoms with Crippen molar-refractivity contribution in [3.8, 4) is 0 Å². The smallest absolute Gasteiger partial charge is 0.545 e. The molecule has 0 aromatic heterocycles. The Morgan fingerprint density at radius 1 is 0.394 bits per heavy atom. The van der Waals surface area contributed by atoms with Crippen LogP contribution in [0.1, 0.15) is 62.1 Å². The zero-order valence-electron chi connectivity index (χ0n) is 16.5. The third kappa shape index (κ3) is 10.9. The van der Waals surface area contributed by atoms with Crippen LogP contribution >= 0.6 is 0 Å². The molecule has 12 nitrogen and oxygen atoms in total. The molecule has 0 N–H and O–H groups in total. The predicted molar refractivity (Wildman–Crippen MR) is 96.1 cm³/mol. The van der Waals surface area contributed by atoms with Crippen LogP contribution in [0.5, 0.6) is 0 Å². The van der Waals surface area contributed by atoms with E-state index in [0.29, 0.717) is 12.1 Å². The second-order valence-electron chi connectivity index (χ2n) is 5.25. The van der Waals surface area contributed by atoms with Gasteiger partial charge < -0.3 is 59.4 Å². The van der Waals surface area contributed by atoms with Gasteiger partial charge in [0, 0.05) is 22.3 Å². The van der Waals surface area contributed by atoms with Gasteiger partial charge in [-0.15, -0.1) is 0 Å². The summed E-state index contributed by atoms with van der Waals surface area (Å²) in [5, 5.41) is 62.6. The molecule has 0 aliphatic carbocycles. The third-order valence-electron chi connectivity index (χ3n) is 3.39. The van der Waals surface area contributed by atoms with Gasteiger partial charge in [0.05, 0.1) is 35.8 Å². The number of carboxylic acids is 6. The molecule has 2 rings (SSSR count). The summed E-state index contributed by atoms with van der Waals surface area (Å²) in [6.45, 7) is 0. The van der Waals surface area contributed by atoms with Crippen molar-refractivity contribution in [2.45, 2.75) is 0 Å². The molecule has 0 bridgehead atoms. The maximum Gasteiger partial charge on any atom is 2.00 e. The summed E-state index contributed by atoms with van der Waals surface area (Å²) in [5.74, 6) is -10.3. The van der Waals surface area contributed by atoms with Crippen molar-refractivity contribution >= 4 is 149 Å². The van der Waals surface area contributed by atoms with Gasteiger partial charge in [-0.1, -0.05) is 24.3 Å². The molecule has 0 radical (unpaired) electrons. The summed E-state index contributed by atoms with van der Waals surface area (Å²) in [6.07, 6.45) is 0. The number of benzene rings is 2. The average Bonchev–Trinajstić information content (AvgIpc) is 2.67. The van der Waals surface area contributed by atoms with Crippen LogP contribution < -0.4 is 30.6 Å². The van der Waals surface area contributed by atoms with E-state index in [1.54, 1.807) is 0 Å². The Balaban J connectivity index is -0.000000500. The van der Waals surface area contributed by atoms with Gasteiger partial charge >= 0.3 is 113 Å². The number of carbonyl (C=O) groups is 6. The number of carboxylic acid groups (broad SMARTS) is 6. The monoisotopic (exact) mass is 534 g/mol. The van der Waals surface area contributed by atoms with Crippen molar-refractivity contribution in [2.24, 2.45) is 0 Å². The van der Waals surface area contributed by atoms with Crippen LogP contribution in [0.3, 0.4) is 0 Å². The third-order valence-corrected chi connectivity index (χ3v) is 3.39. The molecule has 0 unspecified atom stereocenters. The van der Waals surface area contributed by atoms with Gasteiger partial charge in [-0.3, -0.25) is 0 Å². The predicted octanol–water partition coefficient (Wildman–Crippen LogP) is -7.59. The van der Waals surface area contributed by atoms with Gasteiger partial charge in [-0.05, 0) is 23.3 Å². The molecule has 0 aliphatic rings. The Bertz CT molecular complexity index is 996. The van der Waals surface area contributed by atoms with Crippen LogP contribution in [-0.2, 0) is 0 Å². The van der Waals surface area contributed by atoms with Gasteiger partial charge in [-0.2, -0.15) is 0 Å². The van der Waals surface area contributed by atoms with Gasteiger partial charge in [-0.25, -0.2) is 0 Å². The van der Waals surface area contributed by atoms with Crippen molar-refractivity contribution in [1.82, 2.24) is 0 Å². The molecule has 2 aromatic rings. The van der Waals surface area contributed by atoms with Crippen LogP contribution in [-0.4, -0.2) is 149 Å². The minimum atomic E-state index is -1.79. The Labute approximate surface area is 274 Å². The summed E-state index contributed by atoms with van der Waals surface area (Å²) in [5.41, 5.74) is -3.67. The molecular weight excluding hydrogens is 528 g/mol. The minimum Gasteiger partial charge on any atom is -0.545 e. The molecule has 0 amide bonds. The Kier molecular flexibility index (Phi) is 18.4. The Morgan fingerprint density at radius 2 is 0.636 bits per heavy atom. The first-order valence-corrected chi connectivity index (χ1v) is 7.43. The van der Waals surface area contributed by atoms with Gasteiger partial charge in [0.1, 0.15) is 0 Å². The minimum absolute atomic E-state index is 0. The van der Waals surface area contributed by atoms with E-state index in [9.17, 15) is 59.4 Å². The Morgan fingerprint density at radius 3 is 0.818 bits per heavy atom. The quantitative estimate of drug-likeness (QED) is 0.314. The van der Waals surface area contributed by atoms with E-state index in [2.05, 4.69) is 0 Å². The molecule has 33 heavy (non-hydrogen) atoms. The largest absolute Gasteiger partial charge is 2.00 e. The molecule has 0 heterocycles. The van der Waals surface area contributed by atoms with Crippen LogP contribution in [0.25, 0.3) is 0 Å². The van der Waals surface area contributed by atoms with E-state index < -0.39 is 69.2 Å². The van der Waals surface area contributed by atoms with Gasteiger partial charge in [0.15, 0.2) is 0 Å². The molecule has 156 valence electrons. The summed E-state index contributed by atoms with van der Waals surface area (Å²) >= 11 is 0. The fraction of sp³-hybridized carbons (Fsp3) is 0. The molecule has 0 saturated heterocycles. The average molecular weight is 534 g/mol. The van der Waals surface area contributed by atoms with Crippen molar-refractivity contribution < 1.29 is 59.4 Å². The molecule has 15 heteroatoms. The fourth-order valence-corrected chi connectivity index (χ4v) is 2.04. The normalized spacial score (nSPS) is 8.73. The van der Waals surface area contributed by atoms with E-state index >= 15 is 0 Å². The second-order valence-corrected chi connectivity index (χ2v) is 5.25. The number of rotatable bonds is 6. The van der Waals surface area contributed by atoms with E-state index in [1.807, 2.05) is 0 Å². The maximum atomic E-state index is 10.5. The summed E-state index contributed by atoms with van der Waals surface area (Å²) in [4.78, 5) is 62.6. The van der Waals surface area contributed by atoms with Crippen molar-refractivity contribution in [3.05, 3.63) is 69.8 Å². The SMILES string of the molecule is O=C([O-])c1ccc(C(=O)[O-])c(C(=O)[O-])c1.O=C([O-])c1ccc(C(=O)[O-])c(C(=O)[O-])c1.[Ca+2].[Ca+2].[Ca+2]. The molecular formula is C18H6Ca3O12. The van der Waals surface area contributed by atoms with Crippen LogP contribution in [0, 0.1) is 0 Å². The first-order chi connectivity index (χ1) is 13.9. The van der Waals surface area contributed by atoms with Crippen molar-refractivity contribution in [3.63, 3.8) is 0 Å².